The predicted molar refractivity (Wildman–Crippen MR) is 90.3 cm³/mol. The standard InChI is InChI=1S/C16H17FN2O6S/c1-23-12-8-10(9-13(24-2)15(12)25-3)16(20)18-19-26(21,22)14-7-5-4-6-11(14)17/h4-9,19H,1-3H3,(H,18,20). The normalized spacial score (nSPS) is 10.9. The van der Waals surface area contributed by atoms with Gasteiger partial charge in [-0.25, -0.2) is 12.8 Å². The predicted octanol–water partition coefficient (Wildman–Crippen LogP) is 1.47. The zero-order chi connectivity index (χ0) is 19.3. The lowest BCUT2D eigenvalue weighted by Gasteiger charge is -2.14. The Balaban J connectivity index is 2.24. The first-order chi connectivity index (χ1) is 12.3. The number of benzene rings is 2. The molecule has 0 heterocycles. The van der Waals surface area contributed by atoms with Gasteiger partial charge in [0.05, 0.1) is 21.3 Å². The molecule has 0 aliphatic rings. The molecular formula is C16H17FN2O6S. The number of nitrogens with one attached hydrogen (secondary N) is 2. The average Bonchev–Trinajstić information content (AvgIpc) is 2.64. The Bertz CT molecular complexity index is 892. The molecule has 140 valence electrons. The van der Waals surface area contributed by atoms with E-state index >= 15 is 0 Å². The summed E-state index contributed by atoms with van der Waals surface area (Å²) in [6, 6.07) is 7.46. The van der Waals surface area contributed by atoms with Gasteiger partial charge in [0.1, 0.15) is 10.7 Å². The van der Waals surface area contributed by atoms with Crippen LogP contribution in [0.25, 0.3) is 0 Å². The van der Waals surface area contributed by atoms with E-state index in [0.717, 1.165) is 12.1 Å². The van der Waals surface area contributed by atoms with Crippen LogP contribution in [0.1, 0.15) is 10.4 Å². The summed E-state index contributed by atoms with van der Waals surface area (Å²) in [5.41, 5.74) is 2.05. The lowest BCUT2D eigenvalue weighted by Crippen LogP contribution is -2.41. The zero-order valence-electron chi connectivity index (χ0n) is 14.2. The fourth-order valence-electron chi connectivity index (χ4n) is 2.12. The molecule has 2 aromatic rings. The van der Waals surface area contributed by atoms with Crippen molar-refractivity contribution in [3.63, 3.8) is 0 Å². The largest absolute Gasteiger partial charge is 0.493 e. The molecule has 2 N–H and O–H groups in total. The summed E-state index contributed by atoms with van der Waals surface area (Å²) in [6.07, 6.45) is 0. The van der Waals surface area contributed by atoms with Crippen LogP contribution in [-0.2, 0) is 10.0 Å². The number of rotatable bonds is 7. The van der Waals surface area contributed by atoms with Gasteiger partial charge in [0.2, 0.25) is 5.75 Å². The van der Waals surface area contributed by atoms with E-state index in [1.54, 1.807) is 0 Å². The summed E-state index contributed by atoms with van der Waals surface area (Å²) in [5, 5.41) is 0. The lowest BCUT2D eigenvalue weighted by atomic mass is 10.1. The van der Waals surface area contributed by atoms with E-state index in [0.29, 0.717) is 0 Å². The number of hydrogen-bond acceptors (Lipinski definition) is 6. The fraction of sp³-hybridized carbons (Fsp3) is 0.188. The first kappa shape index (κ1) is 19.5. The first-order valence-corrected chi connectivity index (χ1v) is 8.69. The molecular weight excluding hydrogens is 367 g/mol. The smallest absolute Gasteiger partial charge is 0.266 e. The third kappa shape index (κ3) is 4.03. The monoisotopic (exact) mass is 384 g/mol. The molecule has 2 aromatic carbocycles. The molecule has 0 aliphatic heterocycles. The second-order valence-corrected chi connectivity index (χ2v) is 6.55. The SMILES string of the molecule is COc1cc(C(=O)NNS(=O)(=O)c2ccccc2F)cc(OC)c1OC. The fourth-order valence-corrected chi connectivity index (χ4v) is 3.04. The van der Waals surface area contributed by atoms with Crippen molar-refractivity contribution in [2.24, 2.45) is 0 Å². The van der Waals surface area contributed by atoms with Gasteiger partial charge in [-0.3, -0.25) is 10.2 Å². The molecule has 0 aliphatic carbocycles. The van der Waals surface area contributed by atoms with Crippen molar-refractivity contribution in [3.8, 4) is 17.2 Å². The number of carbonyl (C=O) groups excluding carboxylic acids is 1. The van der Waals surface area contributed by atoms with Crippen LogP contribution >= 0.6 is 0 Å². The highest BCUT2D eigenvalue weighted by Crippen LogP contribution is 2.38. The summed E-state index contributed by atoms with van der Waals surface area (Å²) in [6.45, 7) is 0. The first-order valence-electron chi connectivity index (χ1n) is 7.20. The molecule has 26 heavy (non-hydrogen) atoms. The zero-order valence-corrected chi connectivity index (χ0v) is 15.0. The highest BCUT2D eigenvalue weighted by atomic mass is 32.2. The minimum Gasteiger partial charge on any atom is -0.493 e. The van der Waals surface area contributed by atoms with E-state index in [1.165, 1.54) is 45.6 Å². The lowest BCUT2D eigenvalue weighted by molar-refractivity contribution is 0.0944. The van der Waals surface area contributed by atoms with Crippen molar-refractivity contribution >= 4 is 15.9 Å². The van der Waals surface area contributed by atoms with Crippen molar-refractivity contribution in [1.82, 2.24) is 10.3 Å². The molecule has 2 rings (SSSR count). The van der Waals surface area contributed by atoms with E-state index in [1.807, 2.05) is 10.3 Å². The maximum atomic E-state index is 13.6. The van der Waals surface area contributed by atoms with Gasteiger partial charge in [-0.05, 0) is 24.3 Å². The van der Waals surface area contributed by atoms with Crippen LogP contribution < -0.4 is 24.5 Å². The van der Waals surface area contributed by atoms with Crippen molar-refractivity contribution in [2.45, 2.75) is 4.90 Å². The van der Waals surface area contributed by atoms with Crippen LogP contribution in [0.4, 0.5) is 4.39 Å². The molecule has 0 spiro atoms. The molecule has 0 saturated carbocycles. The molecule has 0 unspecified atom stereocenters. The Hall–Kier alpha value is -2.85. The molecule has 0 fully saturated rings. The van der Waals surface area contributed by atoms with E-state index in [2.05, 4.69) is 0 Å². The maximum Gasteiger partial charge on any atom is 0.266 e. The van der Waals surface area contributed by atoms with Crippen LogP contribution in [-0.4, -0.2) is 35.7 Å². The van der Waals surface area contributed by atoms with Gasteiger partial charge in [0.25, 0.3) is 15.9 Å². The topological polar surface area (TPSA) is 103 Å². The Morgan fingerprint density at radius 3 is 2.08 bits per heavy atom. The highest BCUT2D eigenvalue weighted by molar-refractivity contribution is 7.89. The molecule has 1 amide bonds. The Morgan fingerprint density at radius 1 is 1.00 bits per heavy atom. The summed E-state index contributed by atoms with van der Waals surface area (Å²) >= 11 is 0. The van der Waals surface area contributed by atoms with Crippen molar-refractivity contribution in [3.05, 3.63) is 47.8 Å². The minimum atomic E-state index is -4.28. The Labute approximate surface area is 149 Å². The number of hydrazine groups is 1. The van der Waals surface area contributed by atoms with Gasteiger partial charge in [0.15, 0.2) is 11.5 Å². The van der Waals surface area contributed by atoms with Gasteiger partial charge in [-0.2, -0.15) is 0 Å². The van der Waals surface area contributed by atoms with Gasteiger partial charge in [-0.1, -0.05) is 12.1 Å². The minimum absolute atomic E-state index is 0.0377. The summed E-state index contributed by atoms with van der Waals surface area (Å²) in [4.78, 5) is 13.5. The average molecular weight is 384 g/mol. The van der Waals surface area contributed by atoms with Crippen LogP contribution in [0.15, 0.2) is 41.3 Å². The number of amides is 1. The third-order valence-corrected chi connectivity index (χ3v) is 4.63. The summed E-state index contributed by atoms with van der Waals surface area (Å²) in [5.74, 6) is -1.03. The maximum absolute atomic E-state index is 13.6. The van der Waals surface area contributed by atoms with Gasteiger partial charge < -0.3 is 14.2 Å². The molecule has 0 atom stereocenters. The number of carbonyl (C=O) groups is 1. The second kappa shape index (κ2) is 8.02. The van der Waals surface area contributed by atoms with E-state index < -0.39 is 26.6 Å². The molecule has 10 heteroatoms. The molecule has 8 nitrogen and oxygen atoms in total. The van der Waals surface area contributed by atoms with Crippen LogP contribution in [0.3, 0.4) is 0 Å². The second-order valence-electron chi connectivity index (χ2n) is 4.90. The summed E-state index contributed by atoms with van der Waals surface area (Å²) < 4.78 is 53.2. The van der Waals surface area contributed by atoms with Gasteiger partial charge in [-0.15, -0.1) is 4.83 Å². The number of ether oxygens (including phenoxy) is 3. The quantitative estimate of drug-likeness (QED) is 0.701. The number of sulfonamides is 1. The molecule has 0 bridgehead atoms. The number of halogens is 1. The molecule has 0 radical (unpaired) electrons. The van der Waals surface area contributed by atoms with E-state index in [-0.39, 0.29) is 22.8 Å². The number of hydrogen-bond donors (Lipinski definition) is 2. The summed E-state index contributed by atoms with van der Waals surface area (Å²) in [7, 11) is -0.127. The van der Waals surface area contributed by atoms with Crippen molar-refractivity contribution in [1.29, 1.82) is 0 Å². The van der Waals surface area contributed by atoms with E-state index in [9.17, 15) is 17.6 Å². The van der Waals surface area contributed by atoms with Crippen molar-refractivity contribution in [2.75, 3.05) is 21.3 Å². The highest BCUT2D eigenvalue weighted by Gasteiger charge is 2.21. The van der Waals surface area contributed by atoms with Gasteiger partial charge >= 0.3 is 0 Å². The molecule has 0 saturated heterocycles. The number of methoxy groups -OCH3 is 3. The van der Waals surface area contributed by atoms with Crippen LogP contribution in [0.5, 0.6) is 17.2 Å². The third-order valence-electron chi connectivity index (χ3n) is 3.35. The van der Waals surface area contributed by atoms with Crippen LogP contribution in [0, 0.1) is 5.82 Å². The van der Waals surface area contributed by atoms with Gasteiger partial charge in [0, 0.05) is 5.56 Å². The van der Waals surface area contributed by atoms with Crippen molar-refractivity contribution < 1.29 is 31.8 Å². The van der Waals surface area contributed by atoms with Crippen LogP contribution in [0.2, 0.25) is 0 Å². The molecule has 0 aromatic heterocycles. The Kier molecular flexibility index (Phi) is 6.01. The Morgan fingerprint density at radius 2 is 1.58 bits per heavy atom. The van der Waals surface area contributed by atoms with E-state index in [4.69, 9.17) is 14.2 Å².